The Morgan fingerprint density at radius 1 is 1.12 bits per heavy atom. The maximum atomic E-state index is 6.21. The van der Waals surface area contributed by atoms with Crippen LogP contribution in [0.25, 0.3) is 0 Å². The van der Waals surface area contributed by atoms with E-state index in [1.165, 1.54) is 38.5 Å². The molecule has 0 radical (unpaired) electrons. The summed E-state index contributed by atoms with van der Waals surface area (Å²) in [6.45, 7) is 4.72. The highest BCUT2D eigenvalue weighted by Crippen LogP contribution is 2.45. The first-order chi connectivity index (χ1) is 8.07. The largest absolute Gasteiger partial charge is 0.298 e. The van der Waals surface area contributed by atoms with Gasteiger partial charge in [0.2, 0.25) is 5.28 Å². The van der Waals surface area contributed by atoms with Gasteiger partial charge in [-0.15, -0.1) is 10.2 Å². The van der Waals surface area contributed by atoms with Crippen LogP contribution in [-0.4, -0.2) is 14.8 Å². The first-order valence-electron chi connectivity index (χ1n) is 6.67. The van der Waals surface area contributed by atoms with E-state index in [0.717, 1.165) is 5.82 Å². The first kappa shape index (κ1) is 11.5. The van der Waals surface area contributed by atoms with Gasteiger partial charge in [0, 0.05) is 12.0 Å². The van der Waals surface area contributed by atoms with Crippen LogP contribution in [0, 0.1) is 5.41 Å². The molecular formula is C13H20ClN3. The van der Waals surface area contributed by atoms with E-state index in [4.69, 9.17) is 11.6 Å². The van der Waals surface area contributed by atoms with E-state index in [1.54, 1.807) is 0 Å². The summed E-state index contributed by atoms with van der Waals surface area (Å²) in [7, 11) is 0. The van der Waals surface area contributed by atoms with E-state index in [0.29, 0.717) is 22.7 Å². The number of hydrogen-bond acceptors (Lipinski definition) is 2. The second kappa shape index (κ2) is 3.98. The second-order valence-corrected chi connectivity index (χ2v) is 6.70. The molecule has 0 spiro atoms. The Kier molecular flexibility index (Phi) is 2.69. The Morgan fingerprint density at radius 2 is 1.76 bits per heavy atom. The summed E-state index contributed by atoms with van der Waals surface area (Å²) in [5, 5.41) is 8.93. The standard InChI is InChI=1S/C13H20ClN3/c1-13(2)7-5-10(6-8-13)17-11(9-3-4-9)15-16-12(17)14/h9-10H,3-8H2,1-2H3. The van der Waals surface area contributed by atoms with Crippen molar-refractivity contribution in [1.29, 1.82) is 0 Å². The minimum atomic E-state index is 0.497. The minimum absolute atomic E-state index is 0.497. The molecule has 0 saturated heterocycles. The molecule has 0 atom stereocenters. The Morgan fingerprint density at radius 3 is 2.35 bits per heavy atom. The van der Waals surface area contributed by atoms with Crippen LogP contribution in [0.3, 0.4) is 0 Å². The third-order valence-corrected chi connectivity index (χ3v) is 4.55. The molecule has 0 unspecified atom stereocenters. The number of hydrogen-bond donors (Lipinski definition) is 0. The highest BCUT2D eigenvalue weighted by atomic mass is 35.5. The van der Waals surface area contributed by atoms with E-state index in [1.807, 2.05) is 0 Å². The molecule has 2 aliphatic carbocycles. The van der Waals surface area contributed by atoms with E-state index < -0.39 is 0 Å². The molecular weight excluding hydrogens is 234 g/mol. The van der Waals surface area contributed by atoms with Gasteiger partial charge in [0.25, 0.3) is 0 Å². The fraction of sp³-hybridized carbons (Fsp3) is 0.846. The molecule has 4 heteroatoms. The van der Waals surface area contributed by atoms with Crippen LogP contribution in [0.15, 0.2) is 0 Å². The molecule has 17 heavy (non-hydrogen) atoms. The summed E-state index contributed by atoms with van der Waals surface area (Å²) in [4.78, 5) is 0. The Labute approximate surface area is 108 Å². The lowest BCUT2D eigenvalue weighted by atomic mass is 9.75. The van der Waals surface area contributed by atoms with Gasteiger partial charge in [-0.3, -0.25) is 4.57 Å². The van der Waals surface area contributed by atoms with Crippen LogP contribution in [0.5, 0.6) is 0 Å². The van der Waals surface area contributed by atoms with Crippen molar-refractivity contribution < 1.29 is 0 Å². The van der Waals surface area contributed by atoms with Crippen molar-refractivity contribution in [3.05, 3.63) is 11.1 Å². The highest BCUT2D eigenvalue weighted by Gasteiger charge is 2.35. The molecule has 1 aromatic rings. The number of rotatable bonds is 2. The van der Waals surface area contributed by atoms with Crippen LogP contribution < -0.4 is 0 Å². The molecule has 0 amide bonds. The average Bonchev–Trinajstić information content (AvgIpc) is 3.04. The van der Waals surface area contributed by atoms with Gasteiger partial charge in [0.15, 0.2) is 0 Å². The van der Waals surface area contributed by atoms with Gasteiger partial charge in [-0.1, -0.05) is 13.8 Å². The normalized spacial score (nSPS) is 25.1. The average molecular weight is 254 g/mol. The van der Waals surface area contributed by atoms with Gasteiger partial charge in [-0.2, -0.15) is 0 Å². The van der Waals surface area contributed by atoms with Crippen LogP contribution in [0.2, 0.25) is 5.28 Å². The van der Waals surface area contributed by atoms with Crippen LogP contribution in [0.4, 0.5) is 0 Å². The SMILES string of the molecule is CC1(C)CCC(n2c(Cl)nnc2C2CC2)CC1. The number of aromatic nitrogens is 3. The van der Waals surface area contributed by atoms with Crippen molar-refractivity contribution in [3.63, 3.8) is 0 Å². The number of nitrogens with zero attached hydrogens (tertiary/aromatic N) is 3. The summed E-state index contributed by atoms with van der Waals surface area (Å²) in [5.74, 6) is 1.77. The topological polar surface area (TPSA) is 30.7 Å². The quantitative estimate of drug-likeness (QED) is 0.799. The smallest absolute Gasteiger partial charge is 0.225 e. The van der Waals surface area contributed by atoms with E-state index >= 15 is 0 Å². The summed E-state index contributed by atoms with van der Waals surface area (Å²) < 4.78 is 2.22. The van der Waals surface area contributed by atoms with Crippen LogP contribution >= 0.6 is 11.6 Å². The molecule has 2 aliphatic rings. The molecule has 2 saturated carbocycles. The van der Waals surface area contributed by atoms with Crippen LogP contribution in [-0.2, 0) is 0 Å². The van der Waals surface area contributed by atoms with Gasteiger partial charge < -0.3 is 0 Å². The molecule has 1 heterocycles. The third-order valence-electron chi connectivity index (χ3n) is 4.30. The van der Waals surface area contributed by atoms with Crippen molar-refractivity contribution in [2.75, 3.05) is 0 Å². The van der Waals surface area contributed by atoms with Crippen molar-refractivity contribution in [1.82, 2.24) is 14.8 Å². The van der Waals surface area contributed by atoms with Gasteiger partial charge in [-0.25, -0.2) is 0 Å². The van der Waals surface area contributed by atoms with Crippen molar-refractivity contribution in [2.45, 2.75) is 64.3 Å². The highest BCUT2D eigenvalue weighted by molar-refractivity contribution is 6.28. The van der Waals surface area contributed by atoms with Gasteiger partial charge >= 0.3 is 0 Å². The molecule has 2 fully saturated rings. The Balaban J connectivity index is 1.82. The fourth-order valence-electron chi connectivity index (χ4n) is 2.88. The maximum Gasteiger partial charge on any atom is 0.225 e. The Hall–Kier alpha value is -0.570. The monoisotopic (exact) mass is 253 g/mol. The summed E-state index contributed by atoms with van der Waals surface area (Å²) in [6, 6.07) is 0.529. The van der Waals surface area contributed by atoms with E-state index in [-0.39, 0.29) is 0 Å². The molecule has 3 nitrogen and oxygen atoms in total. The first-order valence-corrected chi connectivity index (χ1v) is 7.05. The lowest BCUT2D eigenvalue weighted by Gasteiger charge is -2.35. The Bertz CT molecular complexity index is 410. The zero-order valence-corrected chi connectivity index (χ0v) is 11.4. The van der Waals surface area contributed by atoms with Gasteiger partial charge in [-0.05, 0) is 55.5 Å². The van der Waals surface area contributed by atoms with Crippen molar-refractivity contribution >= 4 is 11.6 Å². The van der Waals surface area contributed by atoms with Crippen molar-refractivity contribution in [2.24, 2.45) is 5.41 Å². The van der Waals surface area contributed by atoms with Gasteiger partial charge in [0.1, 0.15) is 5.82 Å². The van der Waals surface area contributed by atoms with E-state index in [9.17, 15) is 0 Å². The zero-order valence-electron chi connectivity index (χ0n) is 10.6. The van der Waals surface area contributed by atoms with E-state index in [2.05, 4.69) is 28.6 Å². The summed E-state index contributed by atoms with van der Waals surface area (Å²) in [6.07, 6.45) is 7.49. The summed E-state index contributed by atoms with van der Waals surface area (Å²) in [5.41, 5.74) is 0.497. The number of halogens is 1. The van der Waals surface area contributed by atoms with Crippen LogP contribution in [0.1, 0.15) is 70.2 Å². The molecule has 0 aliphatic heterocycles. The molecule has 1 aromatic heterocycles. The van der Waals surface area contributed by atoms with Crippen molar-refractivity contribution in [3.8, 4) is 0 Å². The second-order valence-electron chi connectivity index (χ2n) is 6.37. The predicted molar refractivity (Wildman–Crippen MR) is 68.3 cm³/mol. The molecule has 3 rings (SSSR count). The zero-order chi connectivity index (χ0) is 12.0. The molecule has 0 bridgehead atoms. The van der Waals surface area contributed by atoms with Gasteiger partial charge in [0.05, 0.1) is 0 Å². The summed E-state index contributed by atoms with van der Waals surface area (Å²) >= 11 is 6.21. The molecule has 94 valence electrons. The predicted octanol–water partition coefficient (Wildman–Crippen LogP) is 3.95. The molecule has 0 N–H and O–H groups in total. The lowest BCUT2D eigenvalue weighted by Crippen LogP contribution is -2.24. The maximum absolute atomic E-state index is 6.21. The lowest BCUT2D eigenvalue weighted by molar-refractivity contribution is 0.191. The third kappa shape index (κ3) is 2.22. The molecule has 0 aromatic carbocycles. The minimum Gasteiger partial charge on any atom is -0.298 e. The fourth-order valence-corrected chi connectivity index (χ4v) is 3.15.